The zero-order valence-electron chi connectivity index (χ0n) is 15.0. The van der Waals surface area contributed by atoms with Gasteiger partial charge in [-0.25, -0.2) is 4.98 Å². The Morgan fingerprint density at radius 1 is 1.33 bits per heavy atom. The number of fused-ring (bicyclic) bond motifs is 1. The summed E-state index contributed by atoms with van der Waals surface area (Å²) in [5.41, 5.74) is 1.15. The van der Waals surface area contributed by atoms with E-state index in [0.717, 1.165) is 23.4 Å². The topological polar surface area (TPSA) is 75.6 Å². The van der Waals surface area contributed by atoms with Crippen molar-refractivity contribution in [2.45, 2.75) is 51.5 Å². The van der Waals surface area contributed by atoms with Crippen molar-refractivity contribution in [1.82, 2.24) is 19.7 Å². The van der Waals surface area contributed by atoms with Crippen molar-refractivity contribution in [1.29, 1.82) is 0 Å². The maximum Gasteiger partial charge on any atom is 0.249 e. The van der Waals surface area contributed by atoms with Crippen molar-refractivity contribution in [2.75, 3.05) is 5.32 Å². The van der Waals surface area contributed by atoms with Crippen LogP contribution in [0.5, 0.6) is 0 Å². The lowest BCUT2D eigenvalue weighted by Crippen LogP contribution is -2.24. The second kappa shape index (κ2) is 8.04. The Hall–Kier alpha value is -1.84. The number of nitrogens with one attached hydrogen (secondary N) is 2. The molecule has 1 aliphatic rings. The molecule has 27 heavy (non-hydrogen) atoms. The molecule has 1 unspecified atom stereocenters. The SMILES string of the molecule is CC(C(=O)Nc1nc2c(s1)CCCCCC2)n1c(-c2cccs2)n[nH]c1=S. The molecule has 142 valence electrons. The molecule has 0 saturated heterocycles. The number of aryl methyl sites for hydroxylation is 2. The summed E-state index contributed by atoms with van der Waals surface area (Å²) in [5.74, 6) is 0.552. The number of anilines is 1. The number of nitrogens with zero attached hydrogens (tertiary/aromatic N) is 3. The first-order valence-corrected chi connectivity index (χ1v) is 11.2. The predicted molar refractivity (Wildman–Crippen MR) is 112 cm³/mol. The molecule has 0 radical (unpaired) electrons. The van der Waals surface area contributed by atoms with E-state index in [1.807, 2.05) is 24.4 Å². The molecule has 1 atom stereocenters. The Bertz CT molecular complexity index is 960. The molecule has 6 nitrogen and oxygen atoms in total. The van der Waals surface area contributed by atoms with E-state index in [4.69, 9.17) is 12.2 Å². The largest absolute Gasteiger partial charge is 0.300 e. The van der Waals surface area contributed by atoms with Crippen molar-refractivity contribution in [2.24, 2.45) is 0 Å². The first-order valence-electron chi connectivity index (χ1n) is 9.13. The predicted octanol–water partition coefficient (Wildman–Crippen LogP) is 4.98. The molecule has 3 aromatic heterocycles. The smallest absolute Gasteiger partial charge is 0.249 e. The first kappa shape index (κ1) is 18.5. The molecule has 0 aliphatic heterocycles. The second-order valence-corrected chi connectivity index (χ2v) is 9.09. The van der Waals surface area contributed by atoms with Crippen LogP contribution in [0.15, 0.2) is 17.5 Å². The van der Waals surface area contributed by atoms with Gasteiger partial charge in [-0.3, -0.25) is 14.5 Å². The monoisotopic (exact) mass is 419 g/mol. The molecule has 0 saturated carbocycles. The van der Waals surface area contributed by atoms with Gasteiger partial charge in [0, 0.05) is 4.88 Å². The van der Waals surface area contributed by atoms with Gasteiger partial charge in [0.1, 0.15) is 6.04 Å². The molecule has 2 N–H and O–H groups in total. The normalized spacial score (nSPS) is 15.6. The van der Waals surface area contributed by atoms with E-state index >= 15 is 0 Å². The third-order valence-electron chi connectivity index (χ3n) is 4.79. The molecular formula is C18H21N5OS3. The highest BCUT2D eigenvalue weighted by Gasteiger charge is 2.23. The quantitative estimate of drug-likeness (QED) is 0.585. The first-order chi connectivity index (χ1) is 13.1. The van der Waals surface area contributed by atoms with Crippen LogP contribution in [0.4, 0.5) is 5.13 Å². The number of carbonyl (C=O) groups excluding carboxylic acids is 1. The molecule has 3 aromatic rings. The minimum Gasteiger partial charge on any atom is -0.300 e. The van der Waals surface area contributed by atoms with Crippen LogP contribution in [-0.2, 0) is 17.6 Å². The van der Waals surface area contributed by atoms with Crippen LogP contribution in [0.3, 0.4) is 0 Å². The van der Waals surface area contributed by atoms with Gasteiger partial charge in [0.2, 0.25) is 5.91 Å². The Morgan fingerprint density at radius 3 is 2.93 bits per heavy atom. The number of hydrogen-bond donors (Lipinski definition) is 2. The number of H-pyrrole nitrogens is 1. The van der Waals surface area contributed by atoms with Gasteiger partial charge in [-0.15, -0.1) is 22.7 Å². The molecule has 0 aromatic carbocycles. The Balaban J connectivity index is 1.55. The van der Waals surface area contributed by atoms with E-state index < -0.39 is 6.04 Å². The van der Waals surface area contributed by atoms with Gasteiger partial charge in [-0.1, -0.05) is 18.9 Å². The average molecular weight is 420 g/mol. The fourth-order valence-corrected chi connectivity index (χ4v) is 5.38. The van der Waals surface area contributed by atoms with Crippen LogP contribution < -0.4 is 5.32 Å². The van der Waals surface area contributed by atoms with Crippen molar-refractivity contribution < 1.29 is 4.79 Å². The third kappa shape index (κ3) is 3.90. The average Bonchev–Trinajstić information content (AvgIpc) is 3.35. The van der Waals surface area contributed by atoms with Gasteiger partial charge >= 0.3 is 0 Å². The second-order valence-electron chi connectivity index (χ2n) is 6.67. The van der Waals surface area contributed by atoms with Crippen molar-refractivity contribution >= 4 is 45.9 Å². The lowest BCUT2D eigenvalue weighted by atomic mass is 10.0. The Kier molecular flexibility index (Phi) is 5.51. The highest BCUT2D eigenvalue weighted by molar-refractivity contribution is 7.71. The van der Waals surface area contributed by atoms with Gasteiger partial charge in [0.25, 0.3) is 0 Å². The summed E-state index contributed by atoms with van der Waals surface area (Å²) in [6.07, 6.45) is 6.99. The zero-order chi connectivity index (χ0) is 18.8. The van der Waals surface area contributed by atoms with Crippen LogP contribution in [0.2, 0.25) is 0 Å². The lowest BCUT2D eigenvalue weighted by Gasteiger charge is -2.14. The van der Waals surface area contributed by atoms with E-state index in [9.17, 15) is 4.79 Å². The number of amides is 1. The molecule has 1 aliphatic carbocycles. The number of hydrogen-bond acceptors (Lipinski definition) is 6. The molecule has 9 heteroatoms. The van der Waals surface area contributed by atoms with Crippen molar-refractivity contribution in [3.63, 3.8) is 0 Å². The van der Waals surface area contributed by atoms with Gasteiger partial charge < -0.3 is 5.32 Å². The summed E-state index contributed by atoms with van der Waals surface area (Å²) < 4.78 is 2.20. The molecule has 0 bridgehead atoms. The summed E-state index contributed by atoms with van der Waals surface area (Å²) >= 11 is 8.54. The van der Waals surface area contributed by atoms with E-state index in [2.05, 4.69) is 20.5 Å². The summed E-state index contributed by atoms with van der Waals surface area (Å²) in [6, 6.07) is 3.44. The van der Waals surface area contributed by atoms with Gasteiger partial charge in [-0.05, 0) is 56.3 Å². The molecule has 1 amide bonds. The minimum atomic E-state index is -0.486. The van der Waals surface area contributed by atoms with Crippen LogP contribution in [0.25, 0.3) is 10.7 Å². The molecule has 0 spiro atoms. The van der Waals surface area contributed by atoms with Gasteiger partial charge in [0.15, 0.2) is 15.7 Å². The zero-order valence-corrected chi connectivity index (χ0v) is 17.5. The third-order valence-corrected chi connectivity index (χ3v) is 7.02. The molecule has 0 fully saturated rings. The maximum absolute atomic E-state index is 12.9. The fraction of sp³-hybridized carbons (Fsp3) is 0.444. The van der Waals surface area contributed by atoms with E-state index in [-0.39, 0.29) is 5.91 Å². The summed E-state index contributed by atoms with van der Waals surface area (Å²) in [7, 11) is 0. The highest BCUT2D eigenvalue weighted by Crippen LogP contribution is 2.30. The summed E-state index contributed by atoms with van der Waals surface area (Å²) in [6.45, 7) is 1.83. The van der Waals surface area contributed by atoms with E-state index in [0.29, 0.717) is 15.7 Å². The minimum absolute atomic E-state index is 0.132. The lowest BCUT2D eigenvalue weighted by molar-refractivity contribution is -0.118. The highest BCUT2D eigenvalue weighted by atomic mass is 32.1. The summed E-state index contributed by atoms with van der Waals surface area (Å²) in [5, 5.41) is 12.8. The molecule has 4 rings (SSSR count). The number of carbonyl (C=O) groups is 1. The van der Waals surface area contributed by atoms with Gasteiger partial charge in [0.05, 0.1) is 10.6 Å². The number of thiazole rings is 1. The van der Waals surface area contributed by atoms with Crippen LogP contribution >= 0.6 is 34.9 Å². The van der Waals surface area contributed by atoms with E-state index in [1.165, 1.54) is 30.6 Å². The van der Waals surface area contributed by atoms with Crippen LogP contribution in [-0.4, -0.2) is 25.7 Å². The van der Waals surface area contributed by atoms with Crippen molar-refractivity contribution in [3.8, 4) is 10.7 Å². The Labute approximate surface area is 170 Å². The number of aromatic amines is 1. The Morgan fingerprint density at radius 2 is 2.15 bits per heavy atom. The maximum atomic E-state index is 12.9. The number of aromatic nitrogens is 4. The van der Waals surface area contributed by atoms with Gasteiger partial charge in [-0.2, -0.15) is 5.10 Å². The number of rotatable bonds is 4. The van der Waals surface area contributed by atoms with Crippen LogP contribution in [0, 0.1) is 4.77 Å². The van der Waals surface area contributed by atoms with E-state index in [1.54, 1.807) is 27.2 Å². The molecule has 3 heterocycles. The van der Waals surface area contributed by atoms with Crippen molar-refractivity contribution in [3.05, 3.63) is 32.9 Å². The fourth-order valence-electron chi connectivity index (χ4n) is 3.33. The van der Waals surface area contributed by atoms with Crippen LogP contribution in [0.1, 0.15) is 49.2 Å². The molecular weight excluding hydrogens is 398 g/mol. The standard InChI is InChI=1S/C18H21N5OS3/c1-11(23-15(21-22-18(23)25)14-9-6-10-26-14)16(24)20-17-19-12-7-4-2-3-5-8-13(12)27-17/h6,9-11H,2-5,7-8H2,1H3,(H,22,25)(H,19,20,24). The number of thiophene rings is 1. The summed E-state index contributed by atoms with van der Waals surface area (Å²) in [4.78, 5) is 19.9.